The van der Waals surface area contributed by atoms with Gasteiger partial charge in [-0.05, 0) is 22.0 Å². The van der Waals surface area contributed by atoms with Crippen LogP contribution < -0.4 is 4.90 Å². The predicted octanol–water partition coefficient (Wildman–Crippen LogP) is 1.43. The highest BCUT2D eigenvalue weighted by molar-refractivity contribution is 9.10. The maximum absolute atomic E-state index is 10.9. The molecule has 0 saturated carbocycles. The number of aliphatic hydroxyl groups excluding tert-OH is 1. The zero-order valence-corrected chi connectivity index (χ0v) is 12.0. The van der Waals surface area contributed by atoms with Crippen molar-refractivity contribution in [3.8, 4) is 6.07 Å². The fourth-order valence-corrected chi connectivity index (χ4v) is 2.69. The monoisotopic (exact) mass is 341 g/mol. The molecule has 0 bridgehead atoms. The minimum Gasteiger partial charge on any atom is -0.394 e. The van der Waals surface area contributed by atoms with E-state index in [-0.39, 0.29) is 23.9 Å². The topological polar surface area (TPSA) is 99.6 Å². The number of morpholine rings is 1. The van der Waals surface area contributed by atoms with E-state index in [9.17, 15) is 15.2 Å². The molecule has 1 aliphatic heterocycles. The van der Waals surface area contributed by atoms with Gasteiger partial charge in [0.05, 0.1) is 36.5 Å². The number of hydrogen-bond donors (Lipinski definition) is 1. The molecule has 0 amide bonds. The van der Waals surface area contributed by atoms with Crippen LogP contribution in [0, 0.1) is 21.4 Å². The fourth-order valence-electron chi connectivity index (χ4n) is 2.14. The van der Waals surface area contributed by atoms with Crippen molar-refractivity contribution in [3.63, 3.8) is 0 Å². The summed E-state index contributed by atoms with van der Waals surface area (Å²) in [6, 6.07) is 4.39. The maximum atomic E-state index is 10.9. The van der Waals surface area contributed by atoms with Crippen molar-refractivity contribution in [3.05, 3.63) is 32.3 Å². The number of halogens is 1. The molecule has 1 N–H and O–H groups in total. The van der Waals surface area contributed by atoms with Crippen LogP contribution in [0.1, 0.15) is 5.56 Å². The molecular formula is C12H12BrN3O4. The Labute approximate surface area is 123 Å². The Morgan fingerprint density at radius 2 is 2.40 bits per heavy atom. The fraction of sp³-hybridized carbons (Fsp3) is 0.417. The van der Waals surface area contributed by atoms with Crippen molar-refractivity contribution < 1.29 is 14.8 Å². The van der Waals surface area contributed by atoms with Gasteiger partial charge < -0.3 is 14.7 Å². The molecule has 0 unspecified atom stereocenters. The van der Waals surface area contributed by atoms with Crippen molar-refractivity contribution >= 4 is 27.3 Å². The zero-order chi connectivity index (χ0) is 14.7. The van der Waals surface area contributed by atoms with Crippen molar-refractivity contribution in [2.45, 2.75) is 6.04 Å². The molecule has 0 aromatic heterocycles. The highest BCUT2D eigenvalue weighted by Crippen LogP contribution is 2.34. The molecule has 106 valence electrons. The third-order valence-corrected chi connectivity index (χ3v) is 3.77. The average Bonchev–Trinajstić information content (AvgIpc) is 2.46. The molecule has 1 aliphatic rings. The number of nitrogens with zero attached hydrogens (tertiary/aromatic N) is 3. The number of nitriles is 1. The molecule has 2 rings (SSSR count). The number of nitro groups is 1. The van der Waals surface area contributed by atoms with Crippen LogP contribution in [0.15, 0.2) is 16.6 Å². The second kappa shape index (κ2) is 6.17. The summed E-state index contributed by atoms with van der Waals surface area (Å²) in [7, 11) is 0. The van der Waals surface area contributed by atoms with E-state index in [2.05, 4.69) is 15.9 Å². The van der Waals surface area contributed by atoms with Crippen molar-refractivity contribution in [2.75, 3.05) is 31.3 Å². The van der Waals surface area contributed by atoms with E-state index in [1.54, 1.807) is 0 Å². The average molecular weight is 342 g/mol. The predicted molar refractivity (Wildman–Crippen MR) is 74.6 cm³/mol. The molecule has 1 atom stereocenters. The Morgan fingerprint density at radius 1 is 1.65 bits per heavy atom. The van der Waals surface area contributed by atoms with Gasteiger partial charge in [-0.3, -0.25) is 10.1 Å². The number of nitro benzene ring substituents is 1. The summed E-state index contributed by atoms with van der Waals surface area (Å²) in [5.74, 6) is 0. The highest BCUT2D eigenvalue weighted by Gasteiger charge is 2.27. The molecule has 0 spiro atoms. The van der Waals surface area contributed by atoms with E-state index in [1.165, 1.54) is 12.1 Å². The Bertz CT molecular complexity index is 573. The second-order valence-corrected chi connectivity index (χ2v) is 5.15. The Hall–Kier alpha value is -1.69. The number of ether oxygens (including phenoxy) is 1. The summed E-state index contributed by atoms with van der Waals surface area (Å²) < 4.78 is 5.81. The third kappa shape index (κ3) is 2.75. The van der Waals surface area contributed by atoms with Gasteiger partial charge in [0.15, 0.2) is 0 Å². The van der Waals surface area contributed by atoms with E-state index >= 15 is 0 Å². The summed E-state index contributed by atoms with van der Waals surface area (Å²) >= 11 is 3.29. The van der Waals surface area contributed by atoms with Crippen molar-refractivity contribution in [2.24, 2.45) is 0 Å². The normalized spacial score (nSPS) is 18.6. The second-order valence-electron chi connectivity index (χ2n) is 4.29. The quantitative estimate of drug-likeness (QED) is 0.659. The first-order valence-corrected chi connectivity index (χ1v) is 6.71. The molecule has 20 heavy (non-hydrogen) atoms. The lowest BCUT2D eigenvalue weighted by atomic mass is 10.1. The first-order valence-electron chi connectivity index (χ1n) is 5.91. The molecule has 0 aliphatic carbocycles. The van der Waals surface area contributed by atoms with Gasteiger partial charge in [-0.15, -0.1) is 0 Å². The Kier molecular flexibility index (Phi) is 4.54. The summed E-state index contributed by atoms with van der Waals surface area (Å²) in [6.45, 7) is 1.33. The van der Waals surface area contributed by atoms with Crippen molar-refractivity contribution in [1.82, 2.24) is 0 Å². The van der Waals surface area contributed by atoms with Gasteiger partial charge in [0.1, 0.15) is 11.6 Å². The van der Waals surface area contributed by atoms with Gasteiger partial charge in [0.25, 0.3) is 5.69 Å². The summed E-state index contributed by atoms with van der Waals surface area (Å²) in [5, 5.41) is 29.3. The van der Waals surface area contributed by atoms with Gasteiger partial charge in [0, 0.05) is 17.1 Å². The van der Waals surface area contributed by atoms with Crippen LogP contribution >= 0.6 is 15.9 Å². The SMILES string of the molecule is N#Cc1cc(N2CCOC[C@H]2CO)c(Br)cc1[N+](=O)[O-]. The van der Waals surface area contributed by atoms with Gasteiger partial charge in [-0.25, -0.2) is 0 Å². The summed E-state index contributed by atoms with van der Waals surface area (Å²) in [6.07, 6.45) is 0. The Morgan fingerprint density at radius 3 is 3.00 bits per heavy atom. The minimum atomic E-state index is -0.587. The molecule has 7 nitrogen and oxygen atoms in total. The molecule has 1 heterocycles. The number of hydrogen-bond acceptors (Lipinski definition) is 6. The third-order valence-electron chi connectivity index (χ3n) is 3.13. The van der Waals surface area contributed by atoms with Crippen LogP contribution in [-0.4, -0.2) is 42.4 Å². The molecule has 1 aromatic carbocycles. The number of aliphatic hydroxyl groups is 1. The van der Waals surface area contributed by atoms with E-state index in [0.717, 1.165) is 0 Å². The largest absolute Gasteiger partial charge is 0.394 e. The van der Waals surface area contributed by atoms with Crippen LogP contribution in [0.3, 0.4) is 0 Å². The van der Waals surface area contributed by atoms with E-state index in [4.69, 9.17) is 10.00 Å². The van der Waals surface area contributed by atoms with Crippen molar-refractivity contribution in [1.29, 1.82) is 5.26 Å². The smallest absolute Gasteiger partial charge is 0.288 e. The zero-order valence-electron chi connectivity index (χ0n) is 10.5. The molecule has 1 fully saturated rings. The van der Waals surface area contributed by atoms with Gasteiger partial charge in [0.2, 0.25) is 0 Å². The number of rotatable bonds is 3. The minimum absolute atomic E-state index is 0.00335. The summed E-state index contributed by atoms with van der Waals surface area (Å²) in [5.41, 5.74) is 0.405. The van der Waals surface area contributed by atoms with Crippen LogP contribution in [0.2, 0.25) is 0 Å². The lowest BCUT2D eigenvalue weighted by molar-refractivity contribution is -0.385. The van der Waals surface area contributed by atoms with E-state index in [0.29, 0.717) is 29.9 Å². The molecule has 8 heteroatoms. The molecular weight excluding hydrogens is 330 g/mol. The maximum Gasteiger partial charge on any atom is 0.288 e. The van der Waals surface area contributed by atoms with Crippen LogP contribution in [0.25, 0.3) is 0 Å². The van der Waals surface area contributed by atoms with Gasteiger partial charge in [-0.2, -0.15) is 5.26 Å². The first-order chi connectivity index (χ1) is 9.58. The van der Waals surface area contributed by atoms with Crippen LogP contribution in [0.5, 0.6) is 0 Å². The summed E-state index contributed by atoms with van der Waals surface area (Å²) in [4.78, 5) is 12.2. The van der Waals surface area contributed by atoms with E-state index < -0.39 is 4.92 Å². The van der Waals surface area contributed by atoms with Gasteiger partial charge >= 0.3 is 0 Å². The lowest BCUT2D eigenvalue weighted by Crippen LogP contribution is -2.47. The van der Waals surface area contributed by atoms with Gasteiger partial charge in [-0.1, -0.05) is 0 Å². The highest BCUT2D eigenvalue weighted by atomic mass is 79.9. The number of benzene rings is 1. The lowest BCUT2D eigenvalue weighted by Gasteiger charge is -2.36. The Balaban J connectivity index is 2.46. The standard InChI is InChI=1S/C12H12BrN3O4/c13-10-4-11(16(18)19)8(5-14)3-12(10)15-1-2-20-7-9(15)6-17/h3-4,9,17H,1-2,6-7H2/t9-/m1/s1. The first kappa shape index (κ1) is 14.7. The van der Waals surface area contributed by atoms with E-state index in [1.807, 2.05) is 11.0 Å². The van der Waals surface area contributed by atoms with Crippen LogP contribution in [0.4, 0.5) is 11.4 Å². The molecule has 1 saturated heterocycles. The molecule has 0 radical (unpaired) electrons. The van der Waals surface area contributed by atoms with Crippen LogP contribution in [-0.2, 0) is 4.74 Å². The number of anilines is 1. The molecule has 1 aromatic rings.